The van der Waals surface area contributed by atoms with Gasteiger partial charge in [-0.15, -0.1) is 0 Å². The first-order chi connectivity index (χ1) is 8.53. The molecule has 7 nitrogen and oxygen atoms in total. The lowest BCUT2D eigenvalue weighted by atomic mass is 10.4. The van der Waals surface area contributed by atoms with Crippen LogP contribution in [-0.2, 0) is 10.0 Å². The molecule has 0 radical (unpaired) electrons. The number of pyridine rings is 1. The third-order valence-electron chi connectivity index (χ3n) is 2.01. The summed E-state index contributed by atoms with van der Waals surface area (Å²) < 4.78 is 31.0. The van der Waals surface area contributed by atoms with Crippen LogP contribution in [0, 0.1) is 18.3 Å². The topological polar surface area (TPSA) is 109 Å². The van der Waals surface area contributed by atoms with Crippen molar-refractivity contribution in [2.24, 2.45) is 0 Å². The first kappa shape index (κ1) is 12.1. The summed E-state index contributed by atoms with van der Waals surface area (Å²) in [6.07, 6.45) is 2.65. The molecule has 18 heavy (non-hydrogen) atoms. The highest BCUT2D eigenvalue weighted by atomic mass is 32.2. The summed E-state index contributed by atoms with van der Waals surface area (Å²) in [5.74, 6) is 0. The SMILES string of the molecule is Cc1coc(NS(=O)(=O)c2cccnc2C#N)n1. The molecule has 0 fully saturated rings. The molecule has 8 heteroatoms. The van der Waals surface area contributed by atoms with E-state index < -0.39 is 10.0 Å². The molecule has 1 N–H and O–H groups in total. The van der Waals surface area contributed by atoms with E-state index in [1.807, 2.05) is 0 Å². The number of rotatable bonds is 3. The Morgan fingerprint density at radius 2 is 2.28 bits per heavy atom. The van der Waals surface area contributed by atoms with Crippen LogP contribution < -0.4 is 4.72 Å². The fourth-order valence-electron chi connectivity index (χ4n) is 1.26. The van der Waals surface area contributed by atoms with E-state index in [4.69, 9.17) is 9.68 Å². The third kappa shape index (κ3) is 2.31. The van der Waals surface area contributed by atoms with Crippen molar-refractivity contribution in [3.05, 3.63) is 36.0 Å². The molecule has 0 saturated heterocycles. The molecule has 0 bridgehead atoms. The smallest absolute Gasteiger partial charge is 0.309 e. The van der Waals surface area contributed by atoms with Crippen molar-refractivity contribution in [3.63, 3.8) is 0 Å². The highest BCUT2D eigenvalue weighted by Gasteiger charge is 2.21. The van der Waals surface area contributed by atoms with Crippen LogP contribution in [0.4, 0.5) is 6.01 Å². The fourth-order valence-corrected chi connectivity index (χ4v) is 2.31. The zero-order chi connectivity index (χ0) is 13.2. The van der Waals surface area contributed by atoms with Crippen molar-refractivity contribution in [2.75, 3.05) is 4.72 Å². The largest absolute Gasteiger partial charge is 0.431 e. The Morgan fingerprint density at radius 1 is 1.50 bits per heavy atom. The minimum Gasteiger partial charge on any atom is -0.431 e. The van der Waals surface area contributed by atoms with E-state index in [0.717, 1.165) is 0 Å². The molecule has 0 aliphatic rings. The van der Waals surface area contributed by atoms with Crippen LogP contribution in [0.5, 0.6) is 0 Å². The summed E-state index contributed by atoms with van der Waals surface area (Å²) in [5, 5.41) is 8.81. The molecule has 2 rings (SSSR count). The van der Waals surface area contributed by atoms with Crippen LogP contribution in [-0.4, -0.2) is 18.4 Å². The van der Waals surface area contributed by atoms with Gasteiger partial charge in [0.15, 0.2) is 5.69 Å². The Labute approximate surface area is 103 Å². The summed E-state index contributed by atoms with van der Waals surface area (Å²) in [4.78, 5) is 7.28. The zero-order valence-corrected chi connectivity index (χ0v) is 10.1. The van der Waals surface area contributed by atoms with E-state index in [1.165, 1.54) is 24.6 Å². The summed E-state index contributed by atoms with van der Waals surface area (Å²) in [6, 6.07) is 4.27. The van der Waals surface area contributed by atoms with Gasteiger partial charge in [-0.05, 0) is 19.1 Å². The third-order valence-corrected chi connectivity index (χ3v) is 3.36. The number of nitrogens with zero attached hydrogens (tertiary/aromatic N) is 3. The minimum atomic E-state index is -3.93. The average Bonchev–Trinajstić information content (AvgIpc) is 2.74. The maximum atomic E-state index is 12.0. The van der Waals surface area contributed by atoms with Crippen molar-refractivity contribution in [3.8, 4) is 6.07 Å². The fraction of sp³-hybridized carbons (Fsp3) is 0.100. The summed E-state index contributed by atoms with van der Waals surface area (Å²) in [7, 11) is -3.93. The lowest BCUT2D eigenvalue weighted by molar-refractivity contribution is 0.569. The molecule has 0 aliphatic carbocycles. The Hall–Kier alpha value is -2.40. The molecule has 0 unspecified atom stereocenters. The molecular formula is C10H8N4O3S. The van der Waals surface area contributed by atoms with Gasteiger partial charge >= 0.3 is 6.01 Å². The molecule has 0 atom stereocenters. The number of nitriles is 1. The summed E-state index contributed by atoms with van der Waals surface area (Å²) in [5.41, 5.74) is 0.354. The van der Waals surface area contributed by atoms with Crippen LogP contribution in [0.1, 0.15) is 11.4 Å². The van der Waals surface area contributed by atoms with E-state index in [0.29, 0.717) is 5.69 Å². The van der Waals surface area contributed by atoms with Gasteiger partial charge in [0.1, 0.15) is 17.2 Å². The van der Waals surface area contributed by atoms with Crippen molar-refractivity contribution in [2.45, 2.75) is 11.8 Å². The first-order valence-corrected chi connectivity index (χ1v) is 6.31. The van der Waals surface area contributed by atoms with Crippen LogP contribution in [0.3, 0.4) is 0 Å². The minimum absolute atomic E-state index is 0.153. The van der Waals surface area contributed by atoms with Gasteiger partial charge in [-0.1, -0.05) is 0 Å². The number of aromatic nitrogens is 2. The molecule has 0 saturated carbocycles. The van der Waals surface area contributed by atoms with Crippen LogP contribution >= 0.6 is 0 Å². The van der Waals surface area contributed by atoms with Crippen molar-refractivity contribution >= 4 is 16.0 Å². The summed E-state index contributed by atoms with van der Waals surface area (Å²) in [6.45, 7) is 1.66. The van der Waals surface area contributed by atoms with Gasteiger partial charge in [-0.25, -0.2) is 18.1 Å². The average molecular weight is 264 g/mol. The Bertz CT molecular complexity index is 715. The van der Waals surface area contributed by atoms with E-state index in [-0.39, 0.29) is 16.6 Å². The van der Waals surface area contributed by atoms with Crippen molar-refractivity contribution in [1.82, 2.24) is 9.97 Å². The maximum Gasteiger partial charge on any atom is 0.309 e. The number of anilines is 1. The van der Waals surface area contributed by atoms with Gasteiger partial charge in [0.2, 0.25) is 0 Å². The number of oxazole rings is 1. The molecule has 2 aromatic rings. The Balaban J connectivity index is 2.40. The highest BCUT2D eigenvalue weighted by Crippen LogP contribution is 2.17. The number of hydrogen-bond acceptors (Lipinski definition) is 6. The molecule has 0 amide bonds. The second-order valence-electron chi connectivity index (χ2n) is 3.36. The molecule has 0 spiro atoms. The van der Waals surface area contributed by atoms with E-state index >= 15 is 0 Å². The zero-order valence-electron chi connectivity index (χ0n) is 9.28. The van der Waals surface area contributed by atoms with Crippen LogP contribution in [0.2, 0.25) is 0 Å². The predicted molar refractivity (Wildman–Crippen MR) is 61.0 cm³/mol. The first-order valence-electron chi connectivity index (χ1n) is 4.83. The monoisotopic (exact) mass is 264 g/mol. The standard InChI is InChI=1S/C10H8N4O3S/c1-7-6-17-10(13-7)14-18(15,16)9-3-2-4-12-8(9)5-11/h2-4,6H,1H3,(H,13,14). The van der Waals surface area contributed by atoms with Crippen molar-refractivity contribution in [1.29, 1.82) is 5.26 Å². The van der Waals surface area contributed by atoms with Gasteiger partial charge in [0.25, 0.3) is 10.0 Å². The number of aryl methyl sites for hydroxylation is 1. The molecule has 92 valence electrons. The number of hydrogen-bond donors (Lipinski definition) is 1. The quantitative estimate of drug-likeness (QED) is 0.887. The number of sulfonamides is 1. The molecule has 0 aliphatic heterocycles. The second kappa shape index (κ2) is 4.46. The van der Waals surface area contributed by atoms with E-state index in [9.17, 15) is 8.42 Å². The maximum absolute atomic E-state index is 12.0. The van der Waals surface area contributed by atoms with Gasteiger partial charge in [0.05, 0.1) is 5.69 Å². The van der Waals surface area contributed by atoms with Gasteiger partial charge in [0, 0.05) is 6.20 Å². The molecule has 0 aromatic carbocycles. The Kier molecular flexibility index (Phi) is 2.99. The van der Waals surface area contributed by atoms with Crippen molar-refractivity contribution < 1.29 is 12.8 Å². The van der Waals surface area contributed by atoms with E-state index in [2.05, 4.69) is 14.7 Å². The molecule has 2 heterocycles. The lowest BCUT2D eigenvalue weighted by Gasteiger charge is -2.04. The van der Waals surface area contributed by atoms with Gasteiger partial charge in [-0.2, -0.15) is 10.2 Å². The van der Waals surface area contributed by atoms with Gasteiger partial charge < -0.3 is 4.42 Å². The second-order valence-corrected chi connectivity index (χ2v) is 5.01. The van der Waals surface area contributed by atoms with E-state index in [1.54, 1.807) is 13.0 Å². The molecular weight excluding hydrogens is 256 g/mol. The summed E-state index contributed by atoms with van der Waals surface area (Å²) >= 11 is 0. The molecule has 2 aromatic heterocycles. The number of nitrogens with one attached hydrogen (secondary N) is 1. The normalized spacial score (nSPS) is 10.9. The lowest BCUT2D eigenvalue weighted by Crippen LogP contribution is -2.15. The Morgan fingerprint density at radius 3 is 2.89 bits per heavy atom. The van der Waals surface area contributed by atoms with Crippen LogP contribution in [0.15, 0.2) is 33.9 Å². The predicted octanol–water partition coefficient (Wildman–Crippen LogP) is 1.05. The van der Waals surface area contributed by atoms with Crippen LogP contribution in [0.25, 0.3) is 0 Å². The van der Waals surface area contributed by atoms with Gasteiger partial charge in [-0.3, -0.25) is 0 Å². The highest BCUT2D eigenvalue weighted by molar-refractivity contribution is 7.92.